The molecule has 1 aromatic rings. The molecular formula is C13H14FNO4S. The maximum atomic E-state index is 14.0. The number of nitrogens with zero attached hydrogens (tertiary/aromatic N) is 1. The normalized spacial score (nSPS) is 18.4. The molecule has 1 fully saturated rings. The van der Waals surface area contributed by atoms with Gasteiger partial charge in [0.05, 0.1) is 17.2 Å². The molecule has 1 N–H and O–H groups in total. The predicted molar refractivity (Wildman–Crippen MR) is 73.9 cm³/mol. The Balaban J connectivity index is 2.16. The Morgan fingerprint density at radius 2 is 1.95 bits per heavy atom. The van der Waals surface area contributed by atoms with E-state index in [0.717, 1.165) is 6.08 Å². The maximum Gasteiger partial charge on any atom is 0.328 e. The van der Waals surface area contributed by atoms with Gasteiger partial charge in [-0.3, -0.25) is 0 Å². The summed E-state index contributed by atoms with van der Waals surface area (Å²) < 4.78 is 36.6. The minimum atomic E-state index is -3.00. The summed E-state index contributed by atoms with van der Waals surface area (Å²) in [7, 11) is -3.00. The molecule has 0 saturated carbocycles. The predicted octanol–water partition coefficient (Wildman–Crippen LogP) is 1.16. The number of hydrogen-bond donors (Lipinski definition) is 1. The van der Waals surface area contributed by atoms with Crippen molar-refractivity contribution < 1.29 is 22.7 Å². The molecule has 1 aromatic carbocycles. The summed E-state index contributed by atoms with van der Waals surface area (Å²) in [4.78, 5) is 12.1. The van der Waals surface area contributed by atoms with Gasteiger partial charge in [-0.1, -0.05) is 6.07 Å². The third kappa shape index (κ3) is 3.57. The number of benzene rings is 1. The number of anilines is 1. The van der Waals surface area contributed by atoms with E-state index in [1.807, 2.05) is 0 Å². The molecule has 0 atom stereocenters. The summed E-state index contributed by atoms with van der Waals surface area (Å²) in [5, 5.41) is 8.51. The van der Waals surface area contributed by atoms with Crippen molar-refractivity contribution in [1.82, 2.24) is 0 Å². The van der Waals surface area contributed by atoms with Crippen LogP contribution >= 0.6 is 0 Å². The fourth-order valence-electron chi connectivity index (χ4n) is 2.00. The van der Waals surface area contributed by atoms with Crippen LogP contribution in [0.15, 0.2) is 24.3 Å². The van der Waals surface area contributed by atoms with E-state index in [4.69, 9.17) is 5.11 Å². The van der Waals surface area contributed by atoms with Crippen LogP contribution in [-0.4, -0.2) is 44.1 Å². The standard InChI is InChI=1S/C13H14FNO4S/c14-11-9-10(2-4-13(16)17)1-3-12(11)15-5-7-20(18,19)8-6-15/h1-4,9H,5-8H2,(H,16,17)/b4-2+. The van der Waals surface area contributed by atoms with Crippen molar-refractivity contribution in [2.24, 2.45) is 0 Å². The van der Waals surface area contributed by atoms with Crippen molar-refractivity contribution in [3.8, 4) is 0 Å². The average molecular weight is 299 g/mol. The number of carbonyl (C=O) groups is 1. The molecule has 1 aliphatic heterocycles. The highest BCUT2D eigenvalue weighted by Gasteiger charge is 2.23. The van der Waals surface area contributed by atoms with E-state index in [9.17, 15) is 17.6 Å². The number of aliphatic carboxylic acids is 1. The van der Waals surface area contributed by atoms with Crippen LogP contribution in [0.2, 0.25) is 0 Å². The fourth-order valence-corrected chi connectivity index (χ4v) is 3.21. The first-order valence-corrected chi connectivity index (χ1v) is 7.85. The lowest BCUT2D eigenvalue weighted by atomic mass is 10.1. The van der Waals surface area contributed by atoms with Crippen LogP contribution in [0, 0.1) is 5.82 Å². The summed E-state index contributed by atoms with van der Waals surface area (Å²) in [6, 6.07) is 4.37. The van der Waals surface area contributed by atoms with Gasteiger partial charge in [-0.25, -0.2) is 17.6 Å². The van der Waals surface area contributed by atoms with Crippen LogP contribution in [-0.2, 0) is 14.6 Å². The van der Waals surface area contributed by atoms with Crippen LogP contribution in [0.1, 0.15) is 5.56 Å². The molecular weight excluding hydrogens is 285 g/mol. The zero-order chi connectivity index (χ0) is 14.8. The quantitative estimate of drug-likeness (QED) is 0.848. The van der Waals surface area contributed by atoms with Crippen LogP contribution in [0.5, 0.6) is 0 Å². The zero-order valence-electron chi connectivity index (χ0n) is 10.6. The Morgan fingerprint density at radius 3 is 2.50 bits per heavy atom. The van der Waals surface area contributed by atoms with Gasteiger partial charge < -0.3 is 10.0 Å². The lowest BCUT2D eigenvalue weighted by molar-refractivity contribution is -0.131. The molecule has 0 radical (unpaired) electrons. The smallest absolute Gasteiger partial charge is 0.328 e. The van der Waals surface area contributed by atoms with Crippen LogP contribution in [0.3, 0.4) is 0 Å². The van der Waals surface area contributed by atoms with Gasteiger partial charge in [-0.15, -0.1) is 0 Å². The van der Waals surface area contributed by atoms with Gasteiger partial charge in [0.2, 0.25) is 0 Å². The first kappa shape index (κ1) is 14.5. The first-order chi connectivity index (χ1) is 9.37. The van der Waals surface area contributed by atoms with E-state index >= 15 is 0 Å². The number of halogens is 1. The van der Waals surface area contributed by atoms with Crippen molar-refractivity contribution in [1.29, 1.82) is 0 Å². The fraction of sp³-hybridized carbons (Fsp3) is 0.308. The monoisotopic (exact) mass is 299 g/mol. The van der Waals surface area contributed by atoms with Crippen LogP contribution in [0.4, 0.5) is 10.1 Å². The molecule has 1 heterocycles. The minimum Gasteiger partial charge on any atom is -0.478 e. The Bertz CT molecular complexity index is 640. The third-order valence-electron chi connectivity index (χ3n) is 3.08. The number of hydrogen-bond acceptors (Lipinski definition) is 4. The lowest BCUT2D eigenvalue weighted by Gasteiger charge is -2.29. The summed E-state index contributed by atoms with van der Waals surface area (Å²) in [5.41, 5.74) is 0.783. The van der Waals surface area contributed by atoms with E-state index in [1.54, 1.807) is 11.0 Å². The molecule has 108 valence electrons. The molecule has 5 nitrogen and oxygen atoms in total. The van der Waals surface area contributed by atoms with Crippen molar-refractivity contribution >= 4 is 27.6 Å². The van der Waals surface area contributed by atoms with Crippen molar-refractivity contribution in [3.05, 3.63) is 35.7 Å². The highest BCUT2D eigenvalue weighted by molar-refractivity contribution is 7.91. The van der Waals surface area contributed by atoms with Gasteiger partial charge in [0.25, 0.3) is 0 Å². The number of carboxylic acids is 1. The number of rotatable bonds is 3. The van der Waals surface area contributed by atoms with E-state index in [2.05, 4.69) is 0 Å². The molecule has 0 aromatic heterocycles. The molecule has 20 heavy (non-hydrogen) atoms. The Hall–Kier alpha value is -1.89. The average Bonchev–Trinajstić information content (AvgIpc) is 2.37. The molecule has 1 saturated heterocycles. The van der Waals surface area contributed by atoms with E-state index in [0.29, 0.717) is 11.3 Å². The van der Waals surface area contributed by atoms with Gasteiger partial charge in [0.15, 0.2) is 9.84 Å². The molecule has 2 rings (SSSR count). The summed E-state index contributed by atoms with van der Waals surface area (Å²) in [6.45, 7) is 0.535. The second-order valence-electron chi connectivity index (χ2n) is 4.52. The first-order valence-electron chi connectivity index (χ1n) is 6.03. The van der Waals surface area contributed by atoms with Gasteiger partial charge in [0, 0.05) is 19.2 Å². The van der Waals surface area contributed by atoms with Crippen molar-refractivity contribution in [3.63, 3.8) is 0 Å². The van der Waals surface area contributed by atoms with Gasteiger partial charge in [0.1, 0.15) is 5.82 Å². The van der Waals surface area contributed by atoms with E-state index in [1.165, 1.54) is 18.2 Å². The highest BCUT2D eigenvalue weighted by Crippen LogP contribution is 2.23. The third-order valence-corrected chi connectivity index (χ3v) is 4.68. The van der Waals surface area contributed by atoms with Crippen molar-refractivity contribution in [2.45, 2.75) is 0 Å². The molecule has 0 bridgehead atoms. The zero-order valence-corrected chi connectivity index (χ0v) is 11.4. The van der Waals surface area contributed by atoms with Crippen molar-refractivity contribution in [2.75, 3.05) is 29.5 Å². The molecule has 7 heteroatoms. The highest BCUT2D eigenvalue weighted by atomic mass is 32.2. The van der Waals surface area contributed by atoms with Gasteiger partial charge in [-0.05, 0) is 23.8 Å². The second kappa shape index (κ2) is 5.62. The molecule has 1 aliphatic rings. The molecule has 0 aliphatic carbocycles. The van der Waals surface area contributed by atoms with Gasteiger partial charge >= 0.3 is 5.97 Å². The number of carboxylic acid groups (broad SMARTS) is 1. The summed E-state index contributed by atoms with van der Waals surface area (Å²) >= 11 is 0. The molecule has 0 amide bonds. The number of sulfone groups is 1. The second-order valence-corrected chi connectivity index (χ2v) is 6.82. The maximum absolute atomic E-state index is 14.0. The molecule has 0 unspecified atom stereocenters. The largest absolute Gasteiger partial charge is 0.478 e. The van der Waals surface area contributed by atoms with Crippen LogP contribution in [0.25, 0.3) is 6.08 Å². The van der Waals surface area contributed by atoms with E-state index < -0.39 is 21.6 Å². The lowest BCUT2D eigenvalue weighted by Crippen LogP contribution is -2.40. The Morgan fingerprint density at radius 1 is 1.30 bits per heavy atom. The Labute approximate surface area is 116 Å². The SMILES string of the molecule is O=C(O)/C=C/c1ccc(N2CCS(=O)(=O)CC2)c(F)c1. The summed E-state index contributed by atoms with van der Waals surface area (Å²) in [5.74, 6) is -1.55. The Kier molecular flexibility index (Phi) is 4.08. The topological polar surface area (TPSA) is 74.7 Å². The van der Waals surface area contributed by atoms with Crippen LogP contribution < -0.4 is 4.90 Å². The van der Waals surface area contributed by atoms with Gasteiger partial charge in [-0.2, -0.15) is 0 Å². The summed E-state index contributed by atoms with van der Waals surface area (Å²) in [6.07, 6.45) is 2.23. The molecule has 0 spiro atoms. The van der Waals surface area contributed by atoms with E-state index in [-0.39, 0.29) is 24.6 Å². The minimum absolute atomic E-state index is 0.0209.